The van der Waals surface area contributed by atoms with E-state index >= 15 is 0 Å². The minimum absolute atomic E-state index is 0.0176. The van der Waals surface area contributed by atoms with Crippen molar-refractivity contribution in [3.63, 3.8) is 0 Å². The van der Waals surface area contributed by atoms with Gasteiger partial charge in [-0.15, -0.1) is 0 Å². The van der Waals surface area contributed by atoms with Crippen molar-refractivity contribution in [2.45, 2.75) is 43.0 Å². The molecule has 1 aliphatic heterocycles. The molecule has 1 fully saturated rings. The largest absolute Gasteiger partial charge is 0.484 e. The summed E-state index contributed by atoms with van der Waals surface area (Å²) in [5, 5.41) is 3.05. The van der Waals surface area contributed by atoms with E-state index < -0.39 is 10.0 Å². The number of hydrogen-bond donors (Lipinski definition) is 1. The van der Waals surface area contributed by atoms with Gasteiger partial charge in [0.05, 0.1) is 10.9 Å². The van der Waals surface area contributed by atoms with Crippen LogP contribution in [-0.4, -0.2) is 38.3 Å². The maximum atomic E-state index is 12.6. The highest BCUT2D eigenvalue weighted by Gasteiger charge is 2.27. The molecular weight excluding hydrogens is 388 g/mol. The molecule has 7 heteroatoms. The highest BCUT2D eigenvalue weighted by molar-refractivity contribution is 7.89. The lowest BCUT2D eigenvalue weighted by molar-refractivity contribution is -0.123. The minimum atomic E-state index is -3.44. The topological polar surface area (TPSA) is 75.7 Å². The molecule has 1 amide bonds. The quantitative estimate of drug-likeness (QED) is 0.788. The Labute approximate surface area is 171 Å². The Morgan fingerprint density at radius 2 is 1.76 bits per heavy atom. The van der Waals surface area contributed by atoms with Crippen LogP contribution in [-0.2, 0) is 21.2 Å². The van der Waals surface area contributed by atoms with E-state index in [4.69, 9.17) is 4.74 Å². The zero-order valence-electron chi connectivity index (χ0n) is 16.3. The Balaban J connectivity index is 1.33. The first-order valence-corrected chi connectivity index (χ1v) is 11.6. The summed E-state index contributed by atoms with van der Waals surface area (Å²) in [6.07, 6.45) is 4.83. The zero-order valence-corrected chi connectivity index (χ0v) is 17.2. The van der Waals surface area contributed by atoms with E-state index in [1.165, 1.54) is 27.6 Å². The second kappa shape index (κ2) is 8.55. The van der Waals surface area contributed by atoms with Crippen molar-refractivity contribution < 1.29 is 17.9 Å². The van der Waals surface area contributed by atoms with E-state index in [2.05, 4.69) is 17.4 Å². The monoisotopic (exact) mass is 414 g/mol. The molecule has 1 heterocycles. The van der Waals surface area contributed by atoms with Crippen molar-refractivity contribution in [3.8, 4) is 5.75 Å². The molecule has 6 nitrogen and oxygen atoms in total. The third kappa shape index (κ3) is 4.46. The van der Waals surface area contributed by atoms with Gasteiger partial charge >= 0.3 is 0 Å². The predicted molar refractivity (Wildman–Crippen MR) is 110 cm³/mol. The molecule has 1 atom stereocenters. The molecule has 0 aromatic heterocycles. The van der Waals surface area contributed by atoms with E-state index in [1.54, 1.807) is 12.1 Å². The van der Waals surface area contributed by atoms with E-state index in [9.17, 15) is 13.2 Å². The Kier molecular flexibility index (Phi) is 5.87. The highest BCUT2D eigenvalue weighted by atomic mass is 32.2. The summed E-state index contributed by atoms with van der Waals surface area (Å²) in [6, 6.07) is 14.5. The van der Waals surface area contributed by atoms with E-state index in [0.717, 1.165) is 32.1 Å². The molecule has 4 rings (SSSR count). The molecule has 2 aliphatic rings. The van der Waals surface area contributed by atoms with Crippen LogP contribution in [0, 0.1) is 0 Å². The molecule has 1 N–H and O–H groups in total. The lowest BCUT2D eigenvalue weighted by Crippen LogP contribution is -2.34. The Morgan fingerprint density at radius 1 is 1.03 bits per heavy atom. The number of carbonyl (C=O) groups excluding carboxylic acids is 1. The number of hydrogen-bond acceptors (Lipinski definition) is 4. The number of carbonyl (C=O) groups is 1. The van der Waals surface area contributed by atoms with Crippen molar-refractivity contribution in [1.82, 2.24) is 9.62 Å². The van der Waals surface area contributed by atoms with Crippen molar-refractivity contribution >= 4 is 15.9 Å². The van der Waals surface area contributed by atoms with Crippen LogP contribution in [0.25, 0.3) is 0 Å². The molecule has 154 valence electrons. The Morgan fingerprint density at radius 3 is 2.52 bits per heavy atom. The van der Waals surface area contributed by atoms with Gasteiger partial charge in [-0.3, -0.25) is 4.79 Å². The number of aryl methyl sites for hydroxylation is 1. The van der Waals surface area contributed by atoms with Crippen LogP contribution in [0.1, 0.15) is 42.9 Å². The third-order valence-corrected chi connectivity index (χ3v) is 7.51. The number of sulfonamides is 1. The molecule has 2 aromatic carbocycles. The summed E-state index contributed by atoms with van der Waals surface area (Å²) in [5.74, 6) is 0.296. The number of benzene rings is 2. The molecule has 2 aromatic rings. The van der Waals surface area contributed by atoms with Crippen molar-refractivity contribution in [3.05, 3.63) is 59.7 Å². The molecule has 1 aliphatic carbocycles. The van der Waals surface area contributed by atoms with Crippen molar-refractivity contribution in [1.29, 1.82) is 0 Å². The zero-order chi connectivity index (χ0) is 20.3. The van der Waals surface area contributed by atoms with Gasteiger partial charge < -0.3 is 10.1 Å². The molecule has 0 radical (unpaired) electrons. The van der Waals surface area contributed by atoms with Gasteiger partial charge in [0.15, 0.2) is 6.61 Å². The van der Waals surface area contributed by atoms with Crippen LogP contribution in [0.15, 0.2) is 53.4 Å². The van der Waals surface area contributed by atoms with Crippen LogP contribution in [0.2, 0.25) is 0 Å². The summed E-state index contributed by atoms with van der Waals surface area (Å²) in [5.41, 5.74) is 2.48. The molecule has 0 saturated carbocycles. The smallest absolute Gasteiger partial charge is 0.258 e. The van der Waals surface area contributed by atoms with Crippen LogP contribution >= 0.6 is 0 Å². The normalized spacial score (nSPS) is 19.5. The van der Waals surface area contributed by atoms with Crippen molar-refractivity contribution in [2.75, 3.05) is 19.7 Å². The fourth-order valence-electron chi connectivity index (χ4n) is 4.07. The minimum Gasteiger partial charge on any atom is -0.484 e. The van der Waals surface area contributed by atoms with Gasteiger partial charge in [0.25, 0.3) is 5.91 Å². The van der Waals surface area contributed by atoms with Crippen LogP contribution in [0.3, 0.4) is 0 Å². The molecular formula is C22H26N2O4S. The van der Waals surface area contributed by atoms with Gasteiger partial charge in [0.2, 0.25) is 10.0 Å². The Hall–Kier alpha value is -2.38. The average Bonchev–Trinajstić information content (AvgIpc) is 3.29. The standard InChI is InChI=1S/C22H26N2O4S/c25-22(23-21-9-5-7-17-6-1-2-8-20(17)21)16-28-18-10-12-19(13-11-18)29(26,27)24-14-3-4-15-24/h1-2,6,8,10-13,21H,3-5,7,9,14-16H2,(H,23,25)/t21-/m0/s1. The third-order valence-electron chi connectivity index (χ3n) is 5.60. The summed E-state index contributed by atoms with van der Waals surface area (Å²) < 4.78 is 32.2. The van der Waals surface area contributed by atoms with E-state index in [0.29, 0.717) is 18.8 Å². The highest BCUT2D eigenvalue weighted by Crippen LogP contribution is 2.29. The molecule has 0 unspecified atom stereocenters. The maximum Gasteiger partial charge on any atom is 0.258 e. The van der Waals surface area contributed by atoms with Gasteiger partial charge in [-0.1, -0.05) is 24.3 Å². The number of ether oxygens (including phenoxy) is 1. The summed E-state index contributed by atoms with van der Waals surface area (Å²) >= 11 is 0. The number of amides is 1. The lowest BCUT2D eigenvalue weighted by Gasteiger charge is -2.26. The first-order chi connectivity index (χ1) is 14.0. The number of fused-ring (bicyclic) bond motifs is 1. The van der Waals surface area contributed by atoms with E-state index in [-0.39, 0.29) is 23.5 Å². The molecule has 29 heavy (non-hydrogen) atoms. The van der Waals surface area contributed by atoms with E-state index in [1.807, 2.05) is 12.1 Å². The van der Waals surface area contributed by atoms with Crippen molar-refractivity contribution in [2.24, 2.45) is 0 Å². The fraction of sp³-hybridized carbons (Fsp3) is 0.409. The summed E-state index contributed by atoms with van der Waals surface area (Å²) in [7, 11) is -3.44. The SMILES string of the molecule is O=C(COc1ccc(S(=O)(=O)N2CCCC2)cc1)N[C@H]1CCCc2ccccc21. The average molecular weight is 415 g/mol. The summed E-state index contributed by atoms with van der Waals surface area (Å²) in [4.78, 5) is 12.6. The van der Waals surface area contributed by atoms with Crippen LogP contribution < -0.4 is 10.1 Å². The van der Waals surface area contributed by atoms with Gasteiger partial charge in [0, 0.05) is 13.1 Å². The van der Waals surface area contributed by atoms with Gasteiger partial charge in [-0.2, -0.15) is 4.31 Å². The van der Waals surface area contributed by atoms with Gasteiger partial charge in [-0.25, -0.2) is 8.42 Å². The predicted octanol–water partition coefficient (Wildman–Crippen LogP) is 3.04. The Bertz CT molecular complexity index is 967. The van der Waals surface area contributed by atoms with Gasteiger partial charge in [-0.05, 0) is 67.5 Å². The first-order valence-electron chi connectivity index (χ1n) is 10.1. The second-order valence-electron chi connectivity index (χ2n) is 7.58. The maximum absolute atomic E-state index is 12.6. The lowest BCUT2D eigenvalue weighted by atomic mass is 9.88. The molecule has 0 bridgehead atoms. The number of nitrogens with one attached hydrogen (secondary N) is 1. The molecule has 0 spiro atoms. The van der Waals surface area contributed by atoms with Crippen LogP contribution in [0.5, 0.6) is 5.75 Å². The molecule has 1 saturated heterocycles. The first kappa shape index (κ1) is 19.9. The van der Waals surface area contributed by atoms with Crippen LogP contribution in [0.4, 0.5) is 0 Å². The second-order valence-corrected chi connectivity index (χ2v) is 9.52. The number of rotatable bonds is 6. The number of nitrogens with zero attached hydrogens (tertiary/aromatic N) is 1. The van der Waals surface area contributed by atoms with Gasteiger partial charge in [0.1, 0.15) is 5.75 Å². The fourth-order valence-corrected chi connectivity index (χ4v) is 5.59. The summed E-state index contributed by atoms with van der Waals surface area (Å²) in [6.45, 7) is 1.05.